The van der Waals surface area contributed by atoms with Gasteiger partial charge in [-0.2, -0.15) is 5.10 Å². The van der Waals surface area contributed by atoms with Gasteiger partial charge in [0, 0.05) is 33.7 Å². The van der Waals surface area contributed by atoms with Gasteiger partial charge in [-0.1, -0.05) is 53.5 Å². The Labute approximate surface area is 167 Å². The van der Waals surface area contributed by atoms with Crippen molar-refractivity contribution < 1.29 is 0 Å². The van der Waals surface area contributed by atoms with Crippen LogP contribution in [0.5, 0.6) is 0 Å². The summed E-state index contributed by atoms with van der Waals surface area (Å²) in [6, 6.07) is 17.8. The number of nitrogens with zero attached hydrogens (tertiary/aromatic N) is 3. The zero-order valence-corrected chi connectivity index (χ0v) is 16.5. The van der Waals surface area contributed by atoms with Gasteiger partial charge in [-0.25, -0.2) is 9.67 Å². The Bertz CT molecular complexity index is 1090. The number of halogens is 2. The van der Waals surface area contributed by atoms with E-state index >= 15 is 0 Å². The van der Waals surface area contributed by atoms with Crippen LogP contribution in [0.1, 0.15) is 24.2 Å². The Morgan fingerprint density at radius 3 is 2.41 bits per heavy atom. The van der Waals surface area contributed by atoms with Gasteiger partial charge in [0.15, 0.2) is 0 Å². The topological polar surface area (TPSA) is 42.7 Å². The van der Waals surface area contributed by atoms with E-state index in [0.717, 1.165) is 28.1 Å². The first-order valence-corrected chi connectivity index (χ1v) is 9.40. The molecule has 27 heavy (non-hydrogen) atoms. The number of hydrogen-bond acceptors (Lipinski definition) is 3. The zero-order chi connectivity index (χ0) is 19.0. The van der Waals surface area contributed by atoms with E-state index in [2.05, 4.69) is 34.5 Å². The Kier molecular flexibility index (Phi) is 4.77. The summed E-state index contributed by atoms with van der Waals surface area (Å²) in [6.45, 7) is 4.08. The average molecular weight is 397 g/mol. The maximum Gasteiger partial charge on any atom is 0.128 e. The molecular formula is C21H18Cl2N4. The number of pyridine rings is 1. The third-order valence-electron chi connectivity index (χ3n) is 4.51. The molecule has 0 unspecified atom stereocenters. The van der Waals surface area contributed by atoms with E-state index in [1.807, 2.05) is 54.2 Å². The fraction of sp³-hybridized carbons (Fsp3) is 0.143. The van der Waals surface area contributed by atoms with Crippen LogP contribution in [0.15, 0.2) is 60.8 Å². The minimum absolute atomic E-state index is 0.134. The lowest BCUT2D eigenvalue weighted by Crippen LogP contribution is -2.07. The summed E-state index contributed by atoms with van der Waals surface area (Å²) in [4.78, 5) is 4.56. The molecule has 2 aromatic heterocycles. The van der Waals surface area contributed by atoms with Gasteiger partial charge in [0.1, 0.15) is 5.82 Å². The average Bonchev–Trinajstić information content (AvgIpc) is 2.98. The Morgan fingerprint density at radius 1 is 1.00 bits per heavy atom. The van der Waals surface area contributed by atoms with Gasteiger partial charge >= 0.3 is 0 Å². The lowest BCUT2D eigenvalue weighted by molar-refractivity contribution is 0.872. The maximum atomic E-state index is 6.18. The fourth-order valence-corrected chi connectivity index (χ4v) is 3.66. The maximum absolute atomic E-state index is 6.18. The molecule has 0 bridgehead atoms. The van der Waals surface area contributed by atoms with Gasteiger partial charge < -0.3 is 5.32 Å². The lowest BCUT2D eigenvalue weighted by Gasteiger charge is -2.15. The molecule has 6 heteroatoms. The number of anilines is 1. The van der Waals surface area contributed by atoms with Crippen LogP contribution in [0.25, 0.3) is 16.6 Å². The van der Waals surface area contributed by atoms with E-state index in [9.17, 15) is 0 Å². The highest BCUT2D eigenvalue weighted by Gasteiger charge is 2.13. The van der Waals surface area contributed by atoms with Crippen molar-refractivity contribution in [3.63, 3.8) is 0 Å². The molecule has 1 N–H and O–H groups in total. The lowest BCUT2D eigenvalue weighted by atomic mass is 10.1. The standard InChI is InChI=1S/C21H18Cl2N4/c1-13(15-6-4-3-5-7-15)25-21-11-20-19(12-24-21)14(2)26-27(20)18-9-16(22)8-17(23)10-18/h3-13H,1-2H3,(H,24,25)/t13-/m0/s1. The molecule has 0 spiro atoms. The third-order valence-corrected chi connectivity index (χ3v) is 4.94. The summed E-state index contributed by atoms with van der Waals surface area (Å²) in [5, 5.41) is 10.2. The molecule has 0 radical (unpaired) electrons. The van der Waals surface area contributed by atoms with Crippen LogP contribution >= 0.6 is 23.2 Å². The molecule has 0 aliphatic heterocycles. The predicted octanol–water partition coefficient (Wildman–Crippen LogP) is 6.21. The van der Waals surface area contributed by atoms with E-state index in [4.69, 9.17) is 23.2 Å². The van der Waals surface area contributed by atoms with Crippen LogP contribution in [0.3, 0.4) is 0 Å². The largest absolute Gasteiger partial charge is 0.363 e. The molecule has 0 saturated carbocycles. The number of hydrogen-bond donors (Lipinski definition) is 1. The van der Waals surface area contributed by atoms with Crippen molar-refractivity contribution in [1.29, 1.82) is 0 Å². The first kappa shape index (κ1) is 17.8. The first-order chi connectivity index (χ1) is 13.0. The molecule has 0 amide bonds. The number of aromatic nitrogens is 3. The molecular weight excluding hydrogens is 379 g/mol. The highest BCUT2D eigenvalue weighted by Crippen LogP contribution is 2.28. The van der Waals surface area contributed by atoms with Crippen LogP contribution in [0.4, 0.5) is 5.82 Å². The summed E-state index contributed by atoms with van der Waals surface area (Å²) in [5.41, 5.74) is 3.87. The molecule has 0 aliphatic carbocycles. The highest BCUT2D eigenvalue weighted by atomic mass is 35.5. The van der Waals surface area contributed by atoms with Crippen LogP contribution in [-0.4, -0.2) is 14.8 Å². The van der Waals surface area contributed by atoms with Crippen LogP contribution in [0, 0.1) is 6.92 Å². The number of fused-ring (bicyclic) bond motifs is 1. The molecule has 0 aliphatic rings. The van der Waals surface area contributed by atoms with Crippen molar-refractivity contribution >= 4 is 39.9 Å². The normalized spacial score (nSPS) is 12.3. The van der Waals surface area contributed by atoms with Gasteiger partial charge in [0.05, 0.1) is 16.9 Å². The Hall–Kier alpha value is -2.56. The third kappa shape index (κ3) is 3.64. The second-order valence-corrected chi connectivity index (χ2v) is 7.36. The van der Waals surface area contributed by atoms with Gasteiger partial charge in [-0.15, -0.1) is 0 Å². The number of rotatable bonds is 4. The molecule has 2 heterocycles. The van der Waals surface area contributed by atoms with Crippen molar-refractivity contribution in [3.05, 3.63) is 82.1 Å². The highest BCUT2D eigenvalue weighted by molar-refractivity contribution is 6.34. The van der Waals surface area contributed by atoms with Crippen molar-refractivity contribution in [2.24, 2.45) is 0 Å². The molecule has 4 rings (SSSR count). The molecule has 136 valence electrons. The Morgan fingerprint density at radius 2 is 1.70 bits per heavy atom. The summed E-state index contributed by atoms with van der Waals surface area (Å²) in [5.74, 6) is 0.785. The number of benzene rings is 2. The molecule has 2 aromatic carbocycles. The molecule has 1 atom stereocenters. The van der Waals surface area contributed by atoms with Crippen molar-refractivity contribution in [1.82, 2.24) is 14.8 Å². The van der Waals surface area contributed by atoms with Gasteiger partial charge in [0.2, 0.25) is 0 Å². The second-order valence-electron chi connectivity index (χ2n) is 6.49. The smallest absolute Gasteiger partial charge is 0.128 e. The van der Waals surface area contributed by atoms with Crippen molar-refractivity contribution in [3.8, 4) is 5.69 Å². The van der Waals surface area contributed by atoms with E-state index in [1.54, 1.807) is 6.07 Å². The quantitative estimate of drug-likeness (QED) is 0.445. The van der Waals surface area contributed by atoms with E-state index in [-0.39, 0.29) is 6.04 Å². The van der Waals surface area contributed by atoms with Crippen LogP contribution in [-0.2, 0) is 0 Å². The van der Waals surface area contributed by atoms with Gasteiger partial charge in [-0.05, 0) is 37.6 Å². The van der Waals surface area contributed by atoms with Crippen LogP contribution in [0.2, 0.25) is 10.0 Å². The predicted molar refractivity (Wildman–Crippen MR) is 112 cm³/mol. The van der Waals surface area contributed by atoms with E-state index in [1.165, 1.54) is 5.56 Å². The summed E-state index contributed by atoms with van der Waals surface area (Å²) < 4.78 is 1.85. The number of aryl methyl sites for hydroxylation is 1. The van der Waals surface area contributed by atoms with Crippen molar-refractivity contribution in [2.75, 3.05) is 5.32 Å². The SMILES string of the molecule is Cc1nn(-c2cc(Cl)cc(Cl)c2)c2cc(N[C@@H](C)c3ccccc3)ncc12. The van der Waals surface area contributed by atoms with Crippen LogP contribution < -0.4 is 5.32 Å². The fourth-order valence-electron chi connectivity index (χ4n) is 3.14. The zero-order valence-electron chi connectivity index (χ0n) is 14.9. The van der Waals surface area contributed by atoms with E-state index < -0.39 is 0 Å². The summed E-state index contributed by atoms with van der Waals surface area (Å²) in [7, 11) is 0. The Balaban J connectivity index is 1.75. The molecule has 0 saturated heterocycles. The van der Waals surface area contributed by atoms with Gasteiger partial charge in [0.25, 0.3) is 0 Å². The van der Waals surface area contributed by atoms with E-state index in [0.29, 0.717) is 10.0 Å². The summed E-state index contributed by atoms with van der Waals surface area (Å²) >= 11 is 12.4. The molecule has 0 fully saturated rings. The second kappa shape index (κ2) is 7.22. The van der Waals surface area contributed by atoms with Gasteiger partial charge in [-0.3, -0.25) is 0 Å². The molecule has 4 aromatic rings. The van der Waals surface area contributed by atoms with Crippen molar-refractivity contribution in [2.45, 2.75) is 19.9 Å². The first-order valence-electron chi connectivity index (χ1n) is 8.64. The molecule has 4 nitrogen and oxygen atoms in total. The monoisotopic (exact) mass is 396 g/mol. The minimum atomic E-state index is 0.134. The minimum Gasteiger partial charge on any atom is -0.363 e. The summed E-state index contributed by atoms with van der Waals surface area (Å²) in [6.07, 6.45) is 1.85. The number of nitrogens with one attached hydrogen (secondary N) is 1.